The molecule has 4 rings (SSSR count). The first-order valence-electron chi connectivity index (χ1n) is 13.0. The lowest BCUT2D eigenvalue weighted by molar-refractivity contribution is -0.131. The Morgan fingerprint density at radius 1 is 1.02 bits per heavy atom. The summed E-state index contributed by atoms with van der Waals surface area (Å²) < 4.78 is 10.4. The van der Waals surface area contributed by atoms with Gasteiger partial charge in [0.2, 0.25) is 11.7 Å². The first-order valence-corrected chi connectivity index (χ1v) is 13.4. The Balaban J connectivity index is 1.46. The SMILES string of the molecule is COc1ccc(C(=O)Nc2ccc(Cc3nc(Cl)c(OC(C)=O)c(N(C)CC(=O)NC4CCCC4)n3)cc2)cc1. The lowest BCUT2D eigenvalue weighted by atomic mass is 10.1. The van der Waals surface area contributed by atoms with Gasteiger partial charge in [0.05, 0.1) is 13.7 Å². The minimum Gasteiger partial charge on any atom is -0.497 e. The molecule has 10 nitrogen and oxygen atoms in total. The molecule has 0 saturated heterocycles. The predicted molar refractivity (Wildman–Crippen MR) is 152 cm³/mol. The molecule has 1 aliphatic carbocycles. The summed E-state index contributed by atoms with van der Waals surface area (Å²) in [5, 5.41) is 5.88. The standard InChI is InChI=1S/C29H32ClN5O5/c1-18(36)40-26-27(30)33-24(34-28(26)35(2)17-25(37)31-21-6-4-5-7-21)16-19-8-12-22(13-9-19)32-29(38)20-10-14-23(39-3)15-11-20/h8-15,21H,4-7,16-17H2,1-3H3,(H,31,37)(H,32,38). The van der Waals surface area contributed by atoms with Gasteiger partial charge in [-0.3, -0.25) is 14.4 Å². The molecule has 1 saturated carbocycles. The van der Waals surface area contributed by atoms with Gasteiger partial charge < -0.3 is 25.0 Å². The largest absolute Gasteiger partial charge is 0.497 e. The molecule has 0 aliphatic heterocycles. The summed E-state index contributed by atoms with van der Waals surface area (Å²) in [6, 6.07) is 14.3. The fourth-order valence-corrected chi connectivity index (χ4v) is 4.71. The molecule has 0 radical (unpaired) electrons. The number of likely N-dealkylation sites (N-methyl/N-ethyl adjacent to an activating group) is 1. The van der Waals surface area contributed by atoms with Crippen molar-refractivity contribution in [2.24, 2.45) is 0 Å². The number of hydrogen-bond acceptors (Lipinski definition) is 8. The highest BCUT2D eigenvalue weighted by molar-refractivity contribution is 6.31. The molecule has 1 aliphatic rings. The van der Waals surface area contributed by atoms with Gasteiger partial charge in [-0.05, 0) is 54.8 Å². The molecular weight excluding hydrogens is 534 g/mol. The summed E-state index contributed by atoms with van der Waals surface area (Å²) in [5.41, 5.74) is 2.00. The second-order valence-corrected chi connectivity index (χ2v) is 10.00. The van der Waals surface area contributed by atoms with Crippen molar-refractivity contribution in [2.45, 2.75) is 45.1 Å². The normalized spacial score (nSPS) is 13.0. The number of carbonyl (C=O) groups excluding carboxylic acids is 3. The minimum absolute atomic E-state index is 0.00525. The van der Waals surface area contributed by atoms with Gasteiger partial charge in [-0.15, -0.1) is 0 Å². The Morgan fingerprint density at radius 2 is 1.70 bits per heavy atom. The van der Waals surface area contributed by atoms with Gasteiger partial charge >= 0.3 is 5.97 Å². The number of anilines is 2. The van der Waals surface area contributed by atoms with E-state index in [1.165, 1.54) is 6.92 Å². The van der Waals surface area contributed by atoms with E-state index in [1.807, 2.05) is 12.1 Å². The van der Waals surface area contributed by atoms with Crippen molar-refractivity contribution in [1.29, 1.82) is 0 Å². The van der Waals surface area contributed by atoms with Crippen LogP contribution in [0.25, 0.3) is 0 Å². The van der Waals surface area contributed by atoms with E-state index in [0.717, 1.165) is 31.2 Å². The summed E-state index contributed by atoms with van der Waals surface area (Å²) in [6.45, 7) is 1.27. The number of nitrogens with zero attached hydrogens (tertiary/aromatic N) is 3. The van der Waals surface area contributed by atoms with Crippen LogP contribution in [-0.4, -0.2) is 54.5 Å². The number of ether oxygens (including phenoxy) is 2. The lowest BCUT2D eigenvalue weighted by Gasteiger charge is -2.22. The molecule has 1 heterocycles. The Kier molecular flexibility index (Phi) is 9.55. The van der Waals surface area contributed by atoms with Gasteiger partial charge in [0.1, 0.15) is 11.6 Å². The van der Waals surface area contributed by atoms with E-state index in [2.05, 4.69) is 20.6 Å². The fraction of sp³-hybridized carbons (Fsp3) is 0.345. The molecule has 40 heavy (non-hydrogen) atoms. The fourth-order valence-electron chi connectivity index (χ4n) is 4.49. The molecule has 0 bridgehead atoms. The van der Waals surface area contributed by atoms with Crippen molar-refractivity contribution in [3.8, 4) is 11.5 Å². The van der Waals surface area contributed by atoms with Crippen molar-refractivity contribution >= 4 is 40.9 Å². The van der Waals surface area contributed by atoms with E-state index in [4.69, 9.17) is 21.1 Å². The van der Waals surface area contributed by atoms with Crippen LogP contribution in [0.1, 0.15) is 54.4 Å². The minimum atomic E-state index is -0.574. The van der Waals surface area contributed by atoms with Crippen LogP contribution in [0.4, 0.5) is 11.5 Å². The number of hydrogen-bond donors (Lipinski definition) is 2. The van der Waals surface area contributed by atoms with E-state index < -0.39 is 5.97 Å². The van der Waals surface area contributed by atoms with Crippen LogP contribution in [-0.2, 0) is 16.0 Å². The van der Waals surface area contributed by atoms with Gasteiger partial charge in [-0.2, -0.15) is 0 Å². The number of benzene rings is 2. The third-order valence-corrected chi connectivity index (χ3v) is 6.74. The van der Waals surface area contributed by atoms with Crippen molar-refractivity contribution in [2.75, 3.05) is 30.9 Å². The summed E-state index contributed by atoms with van der Waals surface area (Å²) in [6.07, 6.45) is 4.49. The van der Waals surface area contributed by atoms with Crippen LogP contribution in [0.5, 0.6) is 11.5 Å². The van der Waals surface area contributed by atoms with Gasteiger partial charge in [0.25, 0.3) is 5.91 Å². The molecule has 0 unspecified atom stereocenters. The molecule has 1 fully saturated rings. The number of nitrogens with one attached hydrogen (secondary N) is 2. The molecule has 210 valence electrons. The highest BCUT2D eigenvalue weighted by Gasteiger charge is 2.23. The van der Waals surface area contributed by atoms with Crippen LogP contribution in [0.15, 0.2) is 48.5 Å². The van der Waals surface area contributed by atoms with Crippen LogP contribution in [0, 0.1) is 0 Å². The molecule has 0 spiro atoms. The zero-order chi connectivity index (χ0) is 28.6. The van der Waals surface area contributed by atoms with Crippen molar-refractivity contribution in [1.82, 2.24) is 15.3 Å². The number of amides is 2. The number of methoxy groups -OCH3 is 1. The first-order chi connectivity index (χ1) is 19.2. The topological polar surface area (TPSA) is 123 Å². The van der Waals surface area contributed by atoms with E-state index >= 15 is 0 Å². The van der Waals surface area contributed by atoms with Crippen molar-refractivity contribution in [3.63, 3.8) is 0 Å². The third-order valence-electron chi connectivity index (χ3n) is 6.49. The van der Waals surface area contributed by atoms with Gasteiger partial charge in [0.15, 0.2) is 11.0 Å². The van der Waals surface area contributed by atoms with Crippen LogP contribution in [0.3, 0.4) is 0 Å². The zero-order valence-corrected chi connectivity index (χ0v) is 23.5. The Bertz CT molecular complexity index is 1360. The number of halogens is 1. The number of esters is 1. The molecule has 1 aromatic heterocycles. The van der Waals surface area contributed by atoms with E-state index in [9.17, 15) is 14.4 Å². The highest BCUT2D eigenvalue weighted by Crippen LogP contribution is 2.33. The Labute approximate surface area is 238 Å². The number of carbonyl (C=O) groups is 3. The highest BCUT2D eigenvalue weighted by atomic mass is 35.5. The summed E-state index contributed by atoms with van der Waals surface area (Å²) in [5.74, 6) is 0.346. The van der Waals surface area contributed by atoms with Crippen LogP contribution in [0.2, 0.25) is 5.15 Å². The third kappa shape index (κ3) is 7.69. The van der Waals surface area contributed by atoms with Gasteiger partial charge in [-0.25, -0.2) is 9.97 Å². The quantitative estimate of drug-likeness (QED) is 0.274. The predicted octanol–water partition coefficient (Wildman–Crippen LogP) is 4.40. The molecule has 0 atom stereocenters. The van der Waals surface area contributed by atoms with Crippen LogP contribution < -0.4 is 25.0 Å². The maximum atomic E-state index is 12.6. The average molecular weight is 566 g/mol. The molecule has 3 aromatic rings. The van der Waals surface area contributed by atoms with E-state index in [-0.39, 0.29) is 41.1 Å². The first kappa shape index (κ1) is 28.8. The van der Waals surface area contributed by atoms with Crippen LogP contribution >= 0.6 is 11.6 Å². The maximum Gasteiger partial charge on any atom is 0.308 e. The lowest BCUT2D eigenvalue weighted by Crippen LogP contribution is -2.40. The number of aromatic nitrogens is 2. The molecule has 2 N–H and O–H groups in total. The monoisotopic (exact) mass is 565 g/mol. The average Bonchev–Trinajstić information content (AvgIpc) is 3.43. The molecule has 2 aromatic carbocycles. The Morgan fingerprint density at radius 3 is 2.33 bits per heavy atom. The van der Waals surface area contributed by atoms with Gasteiger partial charge in [0, 0.05) is 37.7 Å². The second-order valence-electron chi connectivity index (χ2n) is 9.64. The molecular formula is C29H32ClN5O5. The van der Waals surface area contributed by atoms with E-state index in [1.54, 1.807) is 55.5 Å². The summed E-state index contributed by atoms with van der Waals surface area (Å²) >= 11 is 6.41. The van der Waals surface area contributed by atoms with E-state index in [0.29, 0.717) is 29.2 Å². The summed E-state index contributed by atoms with van der Waals surface area (Å²) in [7, 11) is 3.25. The Hall–Kier alpha value is -4.18. The number of rotatable bonds is 10. The van der Waals surface area contributed by atoms with Crippen molar-refractivity contribution in [3.05, 3.63) is 70.6 Å². The second kappa shape index (κ2) is 13.3. The van der Waals surface area contributed by atoms with Gasteiger partial charge in [-0.1, -0.05) is 36.6 Å². The zero-order valence-electron chi connectivity index (χ0n) is 22.7. The van der Waals surface area contributed by atoms with Crippen molar-refractivity contribution < 1.29 is 23.9 Å². The molecule has 2 amide bonds. The smallest absolute Gasteiger partial charge is 0.308 e. The maximum absolute atomic E-state index is 12.6. The summed E-state index contributed by atoms with van der Waals surface area (Å²) in [4.78, 5) is 47.4. The molecule has 11 heteroatoms.